The first-order valence-corrected chi connectivity index (χ1v) is 5.99. The van der Waals surface area contributed by atoms with E-state index in [0.717, 1.165) is 29.5 Å². The first kappa shape index (κ1) is 11.0. The van der Waals surface area contributed by atoms with E-state index in [9.17, 15) is 9.59 Å². The lowest BCUT2D eigenvalue weighted by molar-refractivity contribution is 0.0972. The Morgan fingerprint density at radius 3 is 2.78 bits per heavy atom. The highest BCUT2D eigenvalue weighted by molar-refractivity contribution is 5.99. The standard InChI is InChI=1S/C15H12O3/c16-9-12-6-7-15(18-12)11-5-4-10-2-1-3-14(17)13(10)8-11/h4-9H,1-3H2. The van der Waals surface area contributed by atoms with Gasteiger partial charge >= 0.3 is 0 Å². The Labute approximate surface area is 104 Å². The van der Waals surface area contributed by atoms with Crippen molar-refractivity contribution in [2.45, 2.75) is 19.3 Å². The van der Waals surface area contributed by atoms with Crippen molar-refractivity contribution < 1.29 is 14.0 Å². The molecule has 0 saturated carbocycles. The molecule has 0 unspecified atom stereocenters. The molecule has 0 N–H and O–H groups in total. The van der Waals surface area contributed by atoms with Crippen LogP contribution in [-0.4, -0.2) is 12.1 Å². The van der Waals surface area contributed by atoms with Gasteiger partial charge < -0.3 is 4.42 Å². The Balaban J connectivity index is 2.06. The molecule has 3 heteroatoms. The summed E-state index contributed by atoms with van der Waals surface area (Å²) in [7, 11) is 0. The normalized spacial score (nSPS) is 14.3. The minimum atomic E-state index is 0.195. The van der Waals surface area contributed by atoms with Gasteiger partial charge in [-0.3, -0.25) is 9.59 Å². The van der Waals surface area contributed by atoms with Gasteiger partial charge in [0.05, 0.1) is 0 Å². The van der Waals surface area contributed by atoms with Crippen LogP contribution in [0.15, 0.2) is 34.7 Å². The van der Waals surface area contributed by atoms with E-state index in [4.69, 9.17) is 4.42 Å². The van der Waals surface area contributed by atoms with Gasteiger partial charge in [0.25, 0.3) is 0 Å². The van der Waals surface area contributed by atoms with Crippen LogP contribution in [0.2, 0.25) is 0 Å². The van der Waals surface area contributed by atoms with E-state index in [-0.39, 0.29) is 5.78 Å². The fraction of sp³-hybridized carbons (Fsp3) is 0.200. The Bertz CT molecular complexity index is 622. The molecule has 3 rings (SSSR count). The second kappa shape index (κ2) is 4.26. The van der Waals surface area contributed by atoms with Crippen LogP contribution in [0.3, 0.4) is 0 Å². The highest BCUT2D eigenvalue weighted by Crippen LogP contribution is 2.28. The maximum Gasteiger partial charge on any atom is 0.185 e. The molecule has 0 aliphatic heterocycles. The largest absolute Gasteiger partial charge is 0.453 e. The maximum atomic E-state index is 11.8. The monoisotopic (exact) mass is 240 g/mol. The third kappa shape index (κ3) is 1.78. The Morgan fingerprint density at radius 1 is 1.11 bits per heavy atom. The number of fused-ring (bicyclic) bond motifs is 1. The lowest BCUT2D eigenvalue weighted by atomic mass is 9.89. The molecule has 0 atom stereocenters. The number of carbonyl (C=O) groups excluding carboxylic acids is 2. The Kier molecular flexibility index (Phi) is 2.59. The number of hydrogen-bond acceptors (Lipinski definition) is 3. The van der Waals surface area contributed by atoms with Crippen LogP contribution in [0.25, 0.3) is 11.3 Å². The van der Waals surface area contributed by atoms with Crippen LogP contribution < -0.4 is 0 Å². The molecule has 0 radical (unpaired) electrons. The molecule has 1 aliphatic rings. The molecule has 18 heavy (non-hydrogen) atoms. The smallest absolute Gasteiger partial charge is 0.185 e. The quantitative estimate of drug-likeness (QED) is 0.757. The maximum absolute atomic E-state index is 11.8. The first-order chi connectivity index (χ1) is 8.78. The Hall–Kier alpha value is -2.16. The zero-order valence-electron chi connectivity index (χ0n) is 9.81. The molecule has 0 amide bonds. The van der Waals surface area contributed by atoms with Crippen LogP contribution in [0.5, 0.6) is 0 Å². The number of Topliss-reactive ketones (excluding diaryl/α,β-unsaturated/α-hetero) is 1. The van der Waals surface area contributed by atoms with Crippen LogP contribution >= 0.6 is 0 Å². The minimum absolute atomic E-state index is 0.195. The fourth-order valence-electron chi connectivity index (χ4n) is 2.35. The average molecular weight is 240 g/mol. The second-order valence-electron chi connectivity index (χ2n) is 4.47. The number of ketones is 1. The molecule has 1 heterocycles. The molecule has 0 bridgehead atoms. The van der Waals surface area contributed by atoms with Gasteiger partial charge in [0.1, 0.15) is 5.76 Å². The highest BCUT2D eigenvalue weighted by atomic mass is 16.3. The number of benzene rings is 1. The molecule has 1 aromatic heterocycles. The van der Waals surface area contributed by atoms with Gasteiger partial charge in [-0.15, -0.1) is 0 Å². The number of carbonyl (C=O) groups is 2. The van der Waals surface area contributed by atoms with E-state index in [1.54, 1.807) is 12.1 Å². The molecule has 1 aromatic carbocycles. The fourth-order valence-corrected chi connectivity index (χ4v) is 2.35. The molecule has 2 aromatic rings. The highest BCUT2D eigenvalue weighted by Gasteiger charge is 2.18. The van der Waals surface area contributed by atoms with Crippen LogP contribution in [-0.2, 0) is 6.42 Å². The third-order valence-corrected chi connectivity index (χ3v) is 3.29. The topological polar surface area (TPSA) is 47.3 Å². The van der Waals surface area contributed by atoms with E-state index in [0.29, 0.717) is 24.2 Å². The zero-order chi connectivity index (χ0) is 12.5. The van der Waals surface area contributed by atoms with E-state index >= 15 is 0 Å². The summed E-state index contributed by atoms with van der Waals surface area (Å²) in [6.45, 7) is 0. The van der Waals surface area contributed by atoms with Crippen molar-refractivity contribution in [3.63, 3.8) is 0 Å². The molecular weight excluding hydrogens is 228 g/mol. The first-order valence-electron chi connectivity index (χ1n) is 5.99. The molecule has 3 nitrogen and oxygen atoms in total. The molecule has 90 valence electrons. The second-order valence-corrected chi connectivity index (χ2v) is 4.47. The van der Waals surface area contributed by atoms with Gasteiger partial charge in [0, 0.05) is 17.5 Å². The summed E-state index contributed by atoms with van der Waals surface area (Å²) in [4.78, 5) is 22.4. The van der Waals surface area contributed by atoms with Gasteiger partial charge in [-0.05, 0) is 36.6 Å². The molecule has 1 aliphatic carbocycles. The summed E-state index contributed by atoms with van der Waals surface area (Å²) in [5.41, 5.74) is 2.75. The van der Waals surface area contributed by atoms with Crippen LogP contribution in [0.4, 0.5) is 0 Å². The van der Waals surface area contributed by atoms with E-state index in [1.165, 1.54) is 0 Å². The summed E-state index contributed by atoms with van der Waals surface area (Å²) in [5, 5.41) is 0. The van der Waals surface area contributed by atoms with Crippen molar-refractivity contribution in [1.82, 2.24) is 0 Å². The number of aldehydes is 1. The Morgan fingerprint density at radius 2 is 2.00 bits per heavy atom. The van der Waals surface area contributed by atoms with Gasteiger partial charge in [-0.1, -0.05) is 12.1 Å². The van der Waals surface area contributed by atoms with Crippen molar-refractivity contribution in [3.8, 4) is 11.3 Å². The number of furan rings is 1. The van der Waals surface area contributed by atoms with Crippen LogP contribution in [0, 0.1) is 0 Å². The summed E-state index contributed by atoms with van der Waals surface area (Å²) in [6, 6.07) is 9.16. The van der Waals surface area contributed by atoms with Crippen molar-refractivity contribution in [3.05, 3.63) is 47.2 Å². The third-order valence-electron chi connectivity index (χ3n) is 3.29. The van der Waals surface area contributed by atoms with Crippen LogP contribution in [0.1, 0.15) is 39.3 Å². The number of hydrogen-bond donors (Lipinski definition) is 0. The van der Waals surface area contributed by atoms with Crippen molar-refractivity contribution in [1.29, 1.82) is 0 Å². The minimum Gasteiger partial charge on any atom is -0.453 e. The van der Waals surface area contributed by atoms with E-state index in [2.05, 4.69) is 0 Å². The molecular formula is C15H12O3. The van der Waals surface area contributed by atoms with Crippen molar-refractivity contribution in [2.75, 3.05) is 0 Å². The van der Waals surface area contributed by atoms with Gasteiger partial charge in [0.2, 0.25) is 0 Å². The predicted molar refractivity (Wildman–Crippen MR) is 66.8 cm³/mol. The van der Waals surface area contributed by atoms with Crippen molar-refractivity contribution in [2.24, 2.45) is 0 Å². The van der Waals surface area contributed by atoms with Gasteiger partial charge in [-0.25, -0.2) is 0 Å². The lowest BCUT2D eigenvalue weighted by Gasteiger charge is -2.14. The number of rotatable bonds is 2. The van der Waals surface area contributed by atoms with Gasteiger partial charge in [-0.2, -0.15) is 0 Å². The molecule has 0 saturated heterocycles. The number of aryl methyl sites for hydroxylation is 1. The zero-order valence-corrected chi connectivity index (χ0v) is 9.81. The summed E-state index contributed by atoms with van der Waals surface area (Å²) < 4.78 is 5.37. The van der Waals surface area contributed by atoms with Crippen molar-refractivity contribution >= 4 is 12.1 Å². The predicted octanol–water partition coefficient (Wildman–Crippen LogP) is 3.28. The molecule has 0 spiro atoms. The van der Waals surface area contributed by atoms with E-state index in [1.807, 2.05) is 18.2 Å². The molecule has 0 fully saturated rings. The lowest BCUT2D eigenvalue weighted by Crippen LogP contribution is -2.10. The summed E-state index contributed by atoms with van der Waals surface area (Å²) >= 11 is 0. The average Bonchev–Trinajstić information content (AvgIpc) is 2.88. The summed E-state index contributed by atoms with van der Waals surface area (Å²) in [5.74, 6) is 1.12. The SMILES string of the molecule is O=Cc1ccc(-c2ccc3c(c2)C(=O)CCC3)o1. The van der Waals surface area contributed by atoms with Gasteiger partial charge in [0.15, 0.2) is 17.8 Å². The summed E-state index contributed by atoms with van der Waals surface area (Å²) in [6.07, 6.45) is 3.18. The van der Waals surface area contributed by atoms with E-state index < -0.39 is 0 Å².